The van der Waals surface area contributed by atoms with Crippen molar-refractivity contribution >= 4 is 34.7 Å². The van der Waals surface area contributed by atoms with E-state index in [1.54, 1.807) is 25.1 Å². The molecule has 0 fully saturated rings. The number of rotatable bonds is 4. The lowest BCUT2D eigenvalue weighted by Gasteiger charge is -2.12. The Morgan fingerprint density at radius 1 is 0.880 bits per heavy atom. The van der Waals surface area contributed by atoms with Gasteiger partial charge in [0.1, 0.15) is 17.5 Å². The predicted molar refractivity (Wildman–Crippen MR) is 95.9 cm³/mol. The average Bonchev–Trinajstić information content (AvgIpc) is 2.53. The molecule has 7 heteroatoms. The van der Waals surface area contributed by atoms with Gasteiger partial charge in [-0.3, -0.25) is 0 Å². The minimum atomic E-state index is -0.717. The zero-order valence-electron chi connectivity index (χ0n) is 13.6. The Hall–Kier alpha value is -2.73. The number of anilines is 4. The van der Waals surface area contributed by atoms with E-state index >= 15 is 0 Å². The lowest BCUT2D eigenvalue weighted by molar-refractivity contribution is 0.586. The summed E-state index contributed by atoms with van der Waals surface area (Å²) < 4.78 is 26.8. The van der Waals surface area contributed by atoms with Crippen molar-refractivity contribution in [3.8, 4) is 0 Å². The summed E-state index contributed by atoms with van der Waals surface area (Å²) in [5.41, 5.74) is 2.59. The molecule has 0 aliphatic rings. The van der Waals surface area contributed by atoms with Gasteiger partial charge in [0.05, 0.1) is 5.69 Å². The molecule has 0 unspecified atom stereocenters. The summed E-state index contributed by atoms with van der Waals surface area (Å²) in [5, 5.41) is 6.54. The summed E-state index contributed by atoms with van der Waals surface area (Å²) in [4.78, 5) is 8.55. The van der Waals surface area contributed by atoms with Gasteiger partial charge in [-0.2, -0.15) is 4.98 Å². The molecule has 1 aromatic heterocycles. The van der Waals surface area contributed by atoms with Crippen molar-refractivity contribution in [3.63, 3.8) is 0 Å². The minimum absolute atomic E-state index is 0.0943. The molecule has 2 N–H and O–H groups in total. The van der Waals surface area contributed by atoms with Gasteiger partial charge in [0, 0.05) is 28.5 Å². The number of hydrogen-bond donors (Lipinski definition) is 2. The molecule has 0 atom stereocenters. The van der Waals surface area contributed by atoms with Crippen LogP contribution in [0.3, 0.4) is 0 Å². The van der Waals surface area contributed by atoms with Gasteiger partial charge in [0.25, 0.3) is 0 Å². The van der Waals surface area contributed by atoms with Gasteiger partial charge in [-0.05, 0) is 43.7 Å². The second-order valence-corrected chi connectivity index (χ2v) is 5.99. The molecule has 3 rings (SSSR count). The fraction of sp³-hybridized carbons (Fsp3) is 0.111. The topological polar surface area (TPSA) is 49.8 Å². The van der Waals surface area contributed by atoms with Crippen molar-refractivity contribution in [1.82, 2.24) is 9.97 Å². The number of benzene rings is 2. The maximum Gasteiger partial charge on any atom is 0.229 e. The molecule has 25 heavy (non-hydrogen) atoms. The van der Waals surface area contributed by atoms with Crippen LogP contribution in [0.15, 0.2) is 42.5 Å². The van der Waals surface area contributed by atoms with E-state index in [0.29, 0.717) is 16.5 Å². The Morgan fingerprint density at radius 2 is 1.68 bits per heavy atom. The van der Waals surface area contributed by atoms with Crippen LogP contribution in [0.4, 0.5) is 31.9 Å². The van der Waals surface area contributed by atoms with E-state index in [2.05, 4.69) is 20.6 Å². The molecule has 0 aliphatic heterocycles. The Balaban J connectivity index is 1.89. The molecule has 0 bridgehead atoms. The monoisotopic (exact) mass is 360 g/mol. The number of aromatic nitrogens is 2. The fourth-order valence-electron chi connectivity index (χ4n) is 2.27. The highest BCUT2D eigenvalue weighted by Crippen LogP contribution is 2.25. The first-order chi connectivity index (χ1) is 11.9. The molecule has 2 aromatic carbocycles. The highest BCUT2D eigenvalue weighted by molar-refractivity contribution is 6.30. The van der Waals surface area contributed by atoms with Gasteiger partial charge >= 0.3 is 0 Å². The maximum absolute atomic E-state index is 13.8. The molecule has 0 aliphatic carbocycles. The van der Waals surface area contributed by atoms with Gasteiger partial charge in [0.2, 0.25) is 5.95 Å². The average molecular weight is 361 g/mol. The molecule has 1 heterocycles. The summed E-state index contributed by atoms with van der Waals surface area (Å²) in [6.07, 6.45) is 0. The van der Waals surface area contributed by atoms with E-state index in [1.165, 1.54) is 6.07 Å². The van der Waals surface area contributed by atoms with E-state index < -0.39 is 11.6 Å². The number of hydrogen-bond acceptors (Lipinski definition) is 4. The summed E-state index contributed by atoms with van der Waals surface area (Å²) in [7, 11) is 0. The molecule has 0 radical (unpaired) electrons. The molecule has 0 saturated carbocycles. The van der Waals surface area contributed by atoms with Gasteiger partial charge in [0.15, 0.2) is 0 Å². The van der Waals surface area contributed by atoms with E-state index in [-0.39, 0.29) is 11.6 Å². The fourth-order valence-corrected chi connectivity index (χ4v) is 2.44. The third kappa shape index (κ3) is 4.22. The first kappa shape index (κ1) is 17.1. The lowest BCUT2D eigenvalue weighted by atomic mass is 10.2. The van der Waals surface area contributed by atoms with Crippen molar-refractivity contribution in [2.75, 3.05) is 10.6 Å². The normalized spacial score (nSPS) is 10.6. The SMILES string of the molecule is Cc1cc(Nc2cc(Cl)ccc2C)nc(Nc2ccc(F)cc2F)n1. The summed E-state index contributed by atoms with van der Waals surface area (Å²) in [6, 6.07) is 10.5. The second kappa shape index (κ2) is 7.03. The number of nitrogens with one attached hydrogen (secondary N) is 2. The first-order valence-electron chi connectivity index (χ1n) is 7.51. The summed E-state index contributed by atoms with van der Waals surface area (Å²) >= 11 is 6.03. The smallest absolute Gasteiger partial charge is 0.229 e. The largest absolute Gasteiger partial charge is 0.340 e. The predicted octanol–water partition coefficient (Wildman–Crippen LogP) is 5.51. The van der Waals surface area contributed by atoms with Crippen LogP contribution in [-0.4, -0.2) is 9.97 Å². The van der Waals surface area contributed by atoms with E-state index in [1.807, 2.05) is 13.0 Å². The Kier molecular flexibility index (Phi) is 4.81. The van der Waals surface area contributed by atoms with Crippen LogP contribution in [0.1, 0.15) is 11.3 Å². The number of nitrogens with zero attached hydrogens (tertiary/aromatic N) is 2. The van der Waals surface area contributed by atoms with Crippen molar-refractivity contribution in [2.45, 2.75) is 13.8 Å². The third-order valence-electron chi connectivity index (χ3n) is 3.49. The van der Waals surface area contributed by atoms with Crippen molar-refractivity contribution in [3.05, 3.63) is 70.4 Å². The zero-order valence-corrected chi connectivity index (χ0v) is 14.3. The molecular formula is C18H15ClF2N4. The third-order valence-corrected chi connectivity index (χ3v) is 3.73. The Bertz CT molecular complexity index is 931. The zero-order chi connectivity index (χ0) is 18.0. The number of aryl methyl sites for hydroxylation is 2. The maximum atomic E-state index is 13.8. The second-order valence-electron chi connectivity index (χ2n) is 5.55. The van der Waals surface area contributed by atoms with Gasteiger partial charge in [-0.15, -0.1) is 0 Å². The highest BCUT2D eigenvalue weighted by atomic mass is 35.5. The van der Waals surface area contributed by atoms with Crippen LogP contribution in [0, 0.1) is 25.5 Å². The van der Waals surface area contributed by atoms with E-state index in [9.17, 15) is 8.78 Å². The highest BCUT2D eigenvalue weighted by Gasteiger charge is 2.09. The number of halogens is 3. The van der Waals surface area contributed by atoms with Gasteiger partial charge in [-0.1, -0.05) is 17.7 Å². The van der Waals surface area contributed by atoms with Crippen LogP contribution in [0.5, 0.6) is 0 Å². The van der Waals surface area contributed by atoms with E-state index in [0.717, 1.165) is 23.4 Å². The summed E-state index contributed by atoms with van der Waals surface area (Å²) in [6.45, 7) is 3.74. The van der Waals surface area contributed by atoms with Crippen LogP contribution >= 0.6 is 11.6 Å². The molecule has 4 nitrogen and oxygen atoms in total. The quantitative estimate of drug-likeness (QED) is 0.644. The molecule has 0 saturated heterocycles. The van der Waals surface area contributed by atoms with Crippen LogP contribution in [0.25, 0.3) is 0 Å². The molecule has 128 valence electrons. The van der Waals surface area contributed by atoms with Crippen LogP contribution < -0.4 is 10.6 Å². The summed E-state index contributed by atoms with van der Waals surface area (Å²) in [5.74, 6) is -0.632. The van der Waals surface area contributed by atoms with Crippen molar-refractivity contribution in [1.29, 1.82) is 0 Å². The molecule has 0 spiro atoms. The van der Waals surface area contributed by atoms with Crippen LogP contribution in [-0.2, 0) is 0 Å². The molecular weight excluding hydrogens is 346 g/mol. The van der Waals surface area contributed by atoms with Gasteiger partial charge in [-0.25, -0.2) is 13.8 Å². The Labute approximate surface area is 148 Å². The van der Waals surface area contributed by atoms with E-state index in [4.69, 9.17) is 11.6 Å². The Morgan fingerprint density at radius 3 is 2.44 bits per heavy atom. The molecule has 3 aromatic rings. The molecule has 0 amide bonds. The van der Waals surface area contributed by atoms with Crippen molar-refractivity contribution in [2.24, 2.45) is 0 Å². The first-order valence-corrected chi connectivity index (χ1v) is 7.89. The lowest BCUT2D eigenvalue weighted by Crippen LogP contribution is -2.04. The van der Waals surface area contributed by atoms with Crippen LogP contribution in [0.2, 0.25) is 5.02 Å². The van der Waals surface area contributed by atoms with Crippen molar-refractivity contribution < 1.29 is 8.78 Å². The standard InChI is InChI=1S/C18H15ClF2N4/c1-10-3-4-12(19)8-16(10)23-17-7-11(2)22-18(25-17)24-15-6-5-13(20)9-14(15)21/h3-9H,1-2H3,(H2,22,23,24,25). The minimum Gasteiger partial charge on any atom is -0.340 e. The van der Waals surface area contributed by atoms with Gasteiger partial charge < -0.3 is 10.6 Å².